The van der Waals surface area contributed by atoms with Gasteiger partial charge in [0.15, 0.2) is 5.16 Å². The second-order valence-electron chi connectivity index (χ2n) is 5.28. The van der Waals surface area contributed by atoms with E-state index in [2.05, 4.69) is 4.98 Å². The molecule has 0 amide bonds. The van der Waals surface area contributed by atoms with E-state index < -0.39 is 5.97 Å². The molecule has 0 radical (unpaired) electrons. The SMILES string of the molecule is Cc1sc2nc(SCC(=O)O)n(-c3ccc(Cl)c(Cl)c3)c(=O)c2c1C. The number of hydrogen-bond donors (Lipinski definition) is 1. The van der Waals surface area contributed by atoms with E-state index in [-0.39, 0.29) is 11.3 Å². The Balaban J connectivity index is 2.32. The van der Waals surface area contributed by atoms with Gasteiger partial charge in [-0.05, 0) is 37.6 Å². The molecule has 0 unspecified atom stereocenters. The molecule has 130 valence electrons. The maximum Gasteiger partial charge on any atom is 0.313 e. The van der Waals surface area contributed by atoms with Gasteiger partial charge in [0.25, 0.3) is 5.56 Å². The Hall–Kier alpha value is -1.54. The van der Waals surface area contributed by atoms with Crippen molar-refractivity contribution in [3.63, 3.8) is 0 Å². The lowest BCUT2D eigenvalue weighted by molar-refractivity contribution is -0.133. The number of carbonyl (C=O) groups is 1. The van der Waals surface area contributed by atoms with Gasteiger partial charge in [0.05, 0.1) is 26.9 Å². The van der Waals surface area contributed by atoms with Gasteiger partial charge in [-0.3, -0.25) is 14.2 Å². The van der Waals surface area contributed by atoms with Gasteiger partial charge in [-0.15, -0.1) is 11.3 Å². The van der Waals surface area contributed by atoms with Crippen LogP contribution in [0.15, 0.2) is 28.2 Å². The van der Waals surface area contributed by atoms with Crippen LogP contribution >= 0.6 is 46.3 Å². The topological polar surface area (TPSA) is 72.2 Å². The molecule has 0 aliphatic carbocycles. The summed E-state index contributed by atoms with van der Waals surface area (Å²) in [4.78, 5) is 30.2. The first kappa shape index (κ1) is 18.3. The van der Waals surface area contributed by atoms with E-state index in [4.69, 9.17) is 28.3 Å². The molecule has 2 aromatic heterocycles. The van der Waals surface area contributed by atoms with Crippen molar-refractivity contribution in [2.75, 3.05) is 5.75 Å². The summed E-state index contributed by atoms with van der Waals surface area (Å²) in [7, 11) is 0. The second-order valence-corrected chi connectivity index (χ2v) is 8.24. The lowest BCUT2D eigenvalue weighted by Crippen LogP contribution is -2.22. The molecular formula is C16H12Cl2N2O3S2. The number of nitrogens with zero attached hydrogens (tertiary/aromatic N) is 2. The number of aryl methyl sites for hydroxylation is 2. The van der Waals surface area contributed by atoms with E-state index in [9.17, 15) is 9.59 Å². The van der Waals surface area contributed by atoms with Crippen LogP contribution in [-0.4, -0.2) is 26.4 Å². The zero-order valence-electron chi connectivity index (χ0n) is 13.2. The summed E-state index contributed by atoms with van der Waals surface area (Å²) in [5, 5.41) is 10.5. The van der Waals surface area contributed by atoms with Gasteiger partial charge in [0.1, 0.15) is 4.83 Å². The highest BCUT2D eigenvalue weighted by Crippen LogP contribution is 2.31. The van der Waals surface area contributed by atoms with Gasteiger partial charge in [0, 0.05) is 4.88 Å². The van der Waals surface area contributed by atoms with Gasteiger partial charge in [-0.2, -0.15) is 0 Å². The molecule has 1 aromatic carbocycles. The Bertz CT molecular complexity index is 1060. The number of fused-ring (bicyclic) bond motifs is 1. The van der Waals surface area contributed by atoms with Crippen molar-refractivity contribution < 1.29 is 9.90 Å². The molecule has 0 fully saturated rings. The highest BCUT2D eigenvalue weighted by Gasteiger charge is 2.19. The zero-order chi connectivity index (χ0) is 18.3. The van der Waals surface area contributed by atoms with E-state index >= 15 is 0 Å². The fraction of sp³-hybridized carbons (Fsp3) is 0.188. The molecular weight excluding hydrogens is 403 g/mol. The molecule has 3 aromatic rings. The maximum absolute atomic E-state index is 13.1. The van der Waals surface area contributed by atoms with Gasteiger partial charge in [-0.25, -0.2) is 4.98 Å². The van der Waals surface area contributed by atoms with E-state index in [1.807, 2.05) is 13.8 Å². The van der Waals surface area contributed by atoms with Crippen molar-refractivity contribution in [3.8, 4) is 5.69 Å². The predicted molar refractivity (Wildman–Crippen MR) is 103 cm³/mol. The van der Waals surface area contributed by atoms with Crippen LogP contribution in [0.3, 0.4) is 0 Å². The smallest absolute Gasteiger partial charge is 0.313 e. The molecule has 0 aliphatic heterocycles. The summed E-state index contributed by atoms with van der Waals surface area (Å²) in [5.41, 5.74) is 1.11. The zero-order valence-corrected chi connectivity index (χ0v) is 16.3. The van der Waals surface area contributed by atoms with Crippen LogP contribution in [-0.2, 0) is 4.79 Å². The first-order valence-electron chi connectivity index (χ1n) is 7.12. The number of carboxylic acid groups (broad SMARTS) is 1. The van der Waals surface area contributed by atoms with E-state index in [1.165, 1.54) is 15.9 Å². The summed E-state index contributed by atoms with van der Waals surface area (Å²) >= 11 is 14.4. The van der Waals surface area contributed by atoms with Crippen molar-refractivity contribution in [2.24, 2.45) is 0 Å². The minimum absolute atomic E-state index is 0.206. The third kappa shape index (κ3) is 3.42. The van der Waals surface area contributed by atoms with Crippen LogP contribution in [0.25, 0.3) is 15.9 Å². The van der Waals surface area contributed by atoms with Crippen LogP contribution in [0, 0.1) is 13.8 Å². The maximum atomic E-state index is 13.1. The molecule has 1 N–H and O–H groups in total. The number of thioether (sulfide) groups is 1. The van der Waals surface area contributed by atoms with Gasteiger partial charge < -0.3 is 5.11 Å². The molecule has 2 heterocycles. The molecule has 3 rings (SSSR count). The normalized spacial score (nSPS) is 11.2. The van der Waals surface area contributed by atoms with E-state index in [1.54, 1.807) is 18.2 Å². The lowest BCUT2D eigenvalue weighted by Gasteiger charge is -2.12. The van der Waals surface area contributed by atoms with Gasteiger partial charge in [0.2, 0.25) is 0 Å². The number of benzene rings is 1. The second kappa shape index (κ2) is 6.99. The molecule has 0 aliphatic rings. The Morgan fingerprint density at radius 1 is 1.32 bits per heavy atom. The van der Waals surface area contributed by atoms with E-state index in [0.29, 0.717) is 31.1 Å². The number of aliphatic carboxylic acids is 1. The van der Waals surface area contributed by atoms with Crippen molar-refractivity contribution in [3.05, 3.63) is 49.0 Å². The first-order valence-corrected chi connectivity index (χ1v) is 9.68. The fourth-order valence-electron chi connectivity index (χ4n) is 2.35. The molecule has 0 saturated heterocycles. The van der Waals surface area contributed by atoms with Crippen LogP contribution in [0.1, 0.15) is 10.4 Å². The quantitative estimate of drug-likeness (QED) is 0.500. The molecule has 0 bridgehead atoms. The Morgan fingerprint density at radius 2 is 2.04 bits per heavy atom. The average Bonchev–Trinajstić information content (AvgIpc) is 2.83. The fourth-order valence-corrected chi connectivity index (χ4v) is 4.45. The Labute approximate surface area is 161 Å². The number of hydrogen-bond acceptors (Lipinski definition) is 5. The summed E-state index contributed by atoms with van der Waals surface area (Å²) in [5.74, 6) is -1.19. The Kier molecular flexibility index (Phi) is 5.11. The molecule has 5 nitrogen and oxygen atoms in total. The minimum Gasteiger partial charge on any atom is -0.481 e. The summed E-state index contributed by atoms with van der Waals surface area (Å²) in [6.07, 6.45) is 0. The third-order valence-corrected chi connectivity index (χ3v) is 6.42. The number of carboxylic acids is 1. The van der Waals surface area contributed by atoms with Gasteiger partial charge >= 0.3 is 5.97 Å². The summed E-state index contributed by atoms with van der Waals surface area (Å²) in [6, 6.07) is 4.81. The summed E-state index contributed by atoms with van der Waals surface area (Å²) < 4.78 is 1.39. The highest BCUT2D eigenvalue weighted by molar-refractivity contribution is 7.99. The van der Waals surface area contributed by atoms with Crippen LogP contribution in [0.2, 0.25) is 10.0 Å². The first-order chi connectivity index (χ1) is 11.8. The molecule has 0 saturated carbocycles. The number of thiophene rings is 1. The third-order valence-electron chi connectivity index (χ3n) is 3.66. The largest absolute Gasteiger partial charge is 0.481 e. The predicted octanol–water partition coefficient (Wildman–Crippen LogP) is 4.55. The number of rotatable bonds is 4. The molecule has 9 heteroatoms. The van der Waals surface area contributed by atoms with Crippen molar-refractivity contribution >= 4 is 62.5 Å². The van der Waals surface area contributed by atoms with Gasteiger partial charge in [-0.1, -0.05) is 35.0 Å². The average molecular weight is 415 g/mol. The molecule has 0 spiro atoms. The Morgan fingerprint density at radius 3 is 2.68 bits per heavy atom. The van der Waals surface area contributed by atoms with Crippen LogP contribution < -0.4 is 5.56 Å². The van der Waals surface area contributed by atoms with E-state index in [0.717, 1.165) is 22.2 Å². The standard InChI is InChI=1S/C16H12Cl2N2O3S2/c1-7-8(2)25-14-13(7)15(23)20(16(19-14)24-6-12(21)22)9-3-4-10(17)11(18)5-9/h3-5H,6H2,1-2H3,(H,21,22). The number of aromatic nitrogens is 2. The van der Waals surface area contributed by atoms with Crippen molar-refractivity contribution in [2.45, 2.75) is 19.0 Å². The minimum atomic E-state index is -0.987. The molecule has 0 atom stereocenters. The van der Waals surface area contributed by atoms with Crippen molar-refractivity contribution in [1.29, 1.82) is 0 Å². The highest BCUT2D eigenvalue weighted by atomic mass is 35.5. The summed E-state index contributed by atoms with van der Waals surface area (Å²) in [6.45, 7) is 3.80. The van der Waals surface area contributed by atoms with Crippen LogP contribution in [0.5, 0.6) is 0 Å². The molecule has 25 heavy (non-hydrogen) atoms. The monoisotopic (exact) mass is 414 g/mol. The van der Waals surface area contributed by atoms with Crippen LogP contribution in [0.4, 0.5) is 0 Å². The number of halogens is 2. The van der Waals surface area contributed by atoms with Crippen molar-refractivity contribution in [1.82, 2.24) is 9.55 Å². The lowest BCUT2D eigenvalue weighted by atomic mass is 10.2.